The predicted molar refractivity (Wildman–Crippen MR) is 123 cm³/mol. The van der Waals surface area contributed by atoms with Gasteiger partial charge in [-0.1, -0.05) is 64.2 Å². The van der Waals surface area contributed by atoms with E-state index >= 15 is 0 Å². The number of rotatable bonds is 10. The van der Waals surface area contributed by atoms with Crippen LogP contribution < -0.4 is 4.74 Å². The van der Waals surface area contributed by atoms with Crippen molar-refractivity contribution in [3.63, 3.8) is 0 Å². The molecule has 166 valence electrons. The maximum atomic E-state index is 11.1. The van der Waals surface area contributed by atoms with Gasteiger partial charge in [-0.25, -0.2) is 4.79 Å². The second-order valence-corrected chi connectivity index (χ2v) is 9.39. The fourth-order valence-electron chi connectivity index (χ4n) is 5.61. The van der Waals surface area contributed by atoms with E-state index in [1.54, 1.807) is 0 Å². The minimum atomic E-state index is -0.464. The molecule has 0 spiro atoms. The second kappa shape index (κ2) is 12.2. The highest BCUT2D eigenvalue weighted by Gasteiger charge is 2.31. The standard InChI is InChI=1S/C27H40O3/c1-3-5-6-7-21-8-10-22(11-9-21)23-12-14-24(15-13-23)25-16-18-26(19-17-25)29-20-30-27(28)4-2/h4,16-19,21-24H,2-3,5-15,20H2,1H3. The van der Waals surface area contributed by atoms with Crippen LogP contribution in [0.2, 0.25) is 0 Å². The zero-order valence-corrected chi connectivity index (χ0v) is 18.8. The van der Waals surface area contributed by atoms with Crippen LogP contribution in [0.15, 0.2) is 36.9 Å². The Labute approximate surface area is 183 Å². The van der Waals surface area contributed by atoms with Gasteiger partial charge in [0.15, 0.2) is 0 Å². The quantitative estimate of drug-likeness (QED) is 0.174. The maximum absolute atomic E-state index is 11.1. The number of unbranched alkanes of at least 4 members (excludes halogenated alkanes) is 2. The first-order valence-electron chi connectivity index (χ1n) is 12.2. The molecule has 1 aromatic rings. The van der Waals surface area contributed by atoms with Crippen LogP contribution in [0.25, 0.3) is 0 Å². The van der Waals surface area contributed by atoms with Gasteiger partial charge in [0.1, 0.15) is 5.75 Å². The second-order valence-electron chi connectivity index (χ2n) is 9.39. The summed E-state index contributed by atoms with van der Waals surface area (Å²) in [5.41, 5.74) is 1.42. The molecule has 0 amide bonds. The summed E-state index contributed by atoms with van der Waals surface area (Å²) in [4.78, 5) is 11.1. The molecule has 1 aromatic carbocycles. The van der Waals surface area contributed by atoms with Crippen LogP contribution in [0.4, 0.5) is 0 Å². The van der Waals surface area contributed by atoms with E-state index in [2.05, 4.69) is 25.6 Å². The molecule has 2 saturated carbocycles. The third-order valence-corrected chi connectivity index (χ3v) is 7.49. The van der Waals surface area contributed by atoms with Crippen molar-refractivity contribution in [3.05, 3.63) is 42.5 Å². The number of esters is 1. The van der Waals surface area contributed by atoms with Crippen LogP contribution in [0.5, 0.6) is 5.75 Å². The van der Waals surface area contributed by atoms with Crippen LogP contribution in [0.3, 0.4) is 0 Å². The van der Waals surface area contributed by atoms with Gasteiger partial charge in [-0.3, -0.25) is 0 Å². The normalized spacial score (nSPS) is 26.7. The molecule has 0 heterocycles. The van der Waals surface area contributed by atoms with Crippen molar-refractivity contribution in [3.8, 4) is 5.75 Å². The Balaban J connectivity index is 1.37. The first-order chi connectivity index (χ1) is 14.7. The van der Waals surface area contributed by atoms with Gasteiger partial charge in [0.05, 0.1) is 0 Å². The number of carbonyl (C=O) groups excluding carboxylic acids is 1. The first-order valence-corrected chi connectivity index (χ1v) is 12.2. The van der Waals surface area contributed by atoms with Crippen LogP contribution in [-0.2, 0) is 9.53 Å². The Bertz CT molecular complexity index is 635. The van der Waals surface area contributed by atoms with Gasteiger partial charge in [0, 0.05) is 6.08 Å². The van der Waals surface area contributed by atoms with Gasteiger partial charge in [0.2, 0.25) is 6.79 Å². The Morgan fingerprint density at radius 1 is 0.967 bits per heavy atom. The molecular weight excluding hydrogens is 372 g/mol. The molecule has 30 heavy (non-hydrogen) atoms. The van der Waals surface area contributed by atoms with E-state index in [0.717, 1.165) is 29.6 Å². The molecule has 0 N–H and O–H groups in total. The largest absolute Gasteiger partial charge is 0.457 e. The number of hydrogen-bond acceptors (Lipinski definition) is 3. The average molecular weight is 413 g/mol. The lowest BCUT2D eigenvalue weighted by atomic mass is 9.68. The SMILES string of the molecule is C=CC(=O)OCOc1ccc(C2CCC(C3CCC(CCCCC)CC3)CC2)cc1. The summed E-state index contributed by atoms with van der Waals surface area (Å²) < 4.78 is 10.3. The van der Waals surface area contributed by atoms with Gasteiger partial charge in [-0.2, -0.15) is 0 Å². The van der Waals surface area contributed by atoms with E-state index in [-0.39, 0.29) is 6.79 Å². The lowest BCUT2D eigenvalue weighted by Gasteiger charge is -2.38. The van der Waals surface area contributed by atoms with Crippen LogP contribution in [-0.4, -0.2) is 12.8 Å². The third kappa shape index (κ3) is 6.89. The molecule has 0 saturated heterocycles. The maximum Gasteiger partial charge on any atom is 0.333 e. The molecule has 2 fully saturated rings. The molecule has 0 aliphatic heterocycles. The van der Waals surface area contributed by atoms with Crippen molar-refractivity contribution in [1.29, 1.82) is 0 Å². The number of carbonyl (C=O) groups is 1. The van der Waals surface area contributed by atoms with Gasteiger partial charge >= 0.3 is 5.97 Å². The van der Waals surface area contributed by atoms with Crippen LogP contribution in [0, 0.1) is 17.8 Å². The lowest BCUT2D eigenvalue weighted by molar-refractivity contribution is -0.144. The number of hydrogen-bond donors (Lipinski definition) is 0. The van der Waals surface area contributed by atoms with E-state index in [1.807, 2.05) is 12.1 Å². The summed E-state index contributed by atoms with van der Waals surface area (Å²) >= 11 is 0. The predicted octanol–water partition coefficient (Wildman–Crippen LogP) is 7.41. The summed E-state index contributed by atoms with van der Waals surface area (Å²) in [6.45, 7) is 5.60. The summed E-state index contributed by atoms with van der Waals surface area (Å²) in [7, 11) is 0. The summed E-state index contributed by atoms with van der Waals surface area (Å²) in [5, 5.41) is 0. The highest BCUT2D eigenvalue weighted by Crippen LogP contribution is 2.44. The molecule has 3 rings (SSSR count). The smallest absolute Gasteiger partial charge is 0.333 e. The third-order valence-electron chi connectivity index (χ3n) is 7.49. The number of ether oxygens (including phenoxy) is 2. The zero-order chi connectivity index (χ0) is 21.2. The van der Waals surface area contributed by atoms with E-state index in [0.29, 0.717) is 5.92 Å². The highest BCUT2D eigenvalue weighted by molar-refractivity contribution is 5.81. The molecule has 0 radical (unpaired) electrons. The Morgan fingerprint density at radius 3 is 2.20 bits per heavy atom. The molecular formula is C27H40O3. The van der Waals surface area contributed by atoms with E-state index < -0.39 is 5.97 Å². The molecule has 3 nitrogen and oxygen atoms in total. The van der Waals surface area contributed by atoms with Crippen LogP contribution in [0.1, 0.15) is 95.5 Å². The number of benzene rings is 1. The monoisotopic (exact) mass is 412 g/mol. The van der Waals surface area contributed by atoms with Crippen molar-refractivity contribution in [2.75, 3.05) is 6.79 Å². The summed E-state index contributed by atoms with van der Waals surface area (Å²) in [5.74, 6) is 3.92. The van der Waals surface area contributed by atoms with Crippen molar-refractivity contribution < 1.29 is 14.3 Å². The average Bonchev–Trinajstić information content (AvgIpc) is 2.80. The van der Waals surface area contributed by atoms with E-state index in [4.69, 9.17) is 9.47 Å². The van der Waals surface area contributed by atoms with E-state index in [1.165, 1.54) is 82.6 Å². The fraction of sp³-hybridized carbons (Fsp3) is 0.667. The Morgan fingerprint density at radius 2 is 1.60 bits per heavy atom. The molecule has 0 atom stereocenters. The fourth-order valence-corrected chi connectivity index (χ4v) is 5.61. The summed E-state index contributed by atoms with van der Waals surface area (Å²) in [6.07, 6.45) is 18.2. The Kier molecular flexibility index (Phi) is 9.29. The first kappa shape index (κ1) is 22.9. The topological polar surface area (TPSA) is 35.5 Å². The zero-order valence-electron chi connectivity index (χ0n) is 18.8. The molecule has 2 aliphatic carbocycles. The van der Waals surface area contributed by atoms with Gasteiger partial charge < -0.3 is 9.47 Å². The lowest BCUT2D eigenvalue weighted by Crippen LogP contribution is -2.25. The molecule has 0 unspecified atom stereocenters. The summed E-state index contributed by atoms with van der Waals surface area (Å²) in [6, 6.07) is 8.33. The molecule has 0 aromatic heterocycles. The molecule has 0 bridgehead atoms. The van der Waals surface area contributed by atoms with Gasteiger partial charge in [-0.05, 0) is 79.9 Å². The van der Waals surface area contributed by atoms with Gasteiger partial charge in [0.25, 0.3) is 0 Å². The Hall–Kier alpha value is -1.77. The molecule has 3 heteroatoms. The van der Waals surface area contributed by atoms with Crippen LogP contribution >= 0.6 is 0 Å². The molecule has 2 aliphatic rings. The highest BCUT2D eigenvalue weighted by atomic mass is 16.7. The minimum Gasteiger partial charge on any atom is -0.457 e. The minimum absolute atomic E-state index is 0.0733. The van der Waals surface area contributed by atoms with Crippen molar-refractivity contribution in [2.45, 2.75) is 89.9 Å². The van der Waals surface area contributed by atoms with Gasteiger partial charge in [-0.15, -0.1) is 0 Å². The van der Waals surface area contributed by atoms with Crippen molar-refractivity contribution in [2.24, 2.45) is 17.8 Å². The van der Waals surface area contributed by atoms with E-state index in [9.17, 15) is 4.79 Å². The van der Waals surface area contributed by atoms with Crippen molar-refractivity contribution >= 4 is 5.97 Å². The van der Waals surface area contributed by atoms with Crippen molar-refractivity contribution in [1.82, 2.24) is 0 Å².